The summed E-state index contributed by atoms with van der Waals surface area (Å²) in [6.45, 7) is 0.690. The van der Waals surface area contributed by atoms with Gasteiger partial charge in [-0.2, -0.15) is 5.26 Å². The first kappa shape index (κ1) is 15.7. The lowest BCUT2D eigenvalue weighted by atomic mass is 10.2. The first-order chi connectivity index (χ1) is 10.7. The fourth-order valence-electron chi connectivity index (χ4n) is 1.69. The SMILES string of the molecule is N#Cc1ccc(NC(=O)NCCOc2cccc(Cl)c2)cc1. The number of anilines is 1. The molecule has 2 aromatic carbocycles. The first-order valence-electron chi connectivity index (χ1n) is 6.61. The Balaban J connectivity index is 1.70. The van der Waals surface area contributed by atoms with Crippen LogP contribution < -0.4 is 15.4 Å². The van der Waals surface area contributed by atoms with E-state index in [2.05, 4.69) is 10.6 Å². The fourth-order valence-corrected chi connectivity index (χ4v) is 1.87. The van der Waals surface area contributed by atoms with Crippen molar-refractivity contribution in [2.75, 3.05) is 18.5 Å². The number of halogens is 1. The maximum Gasteiger partial charge on any atom is 0.319 e. The van der Waals surface area contributed by atoms with Gasteiger partial charge in [-0.1, -0.05) is 17.7 Å². The lowest BCUT2D eigenvalue weighted by molar-refractivity contribution is 0.247. The van der Waals surface area contributed by atoms with Crippen LogP contribution in [0.15, 0.2) is 48.5 Å². The van der Waals surface area contributed by atoms with Gasteiger partial charge in [-0.25, -0.2) is 4.79 Å². The summed E-state index contributed by atoms with van der Waals surface area (Å²) in [5.74, 6) is 0.654. The average molecular weight is 316 g/mol. The van der Waals surface area contributed by atoms with Gasteiger partial charge in [0.1, 0.15) is 12.4 Å². The Kier molecular flexibility index (Phi) is 5.64. The molecule has 2 aromatic rings. The van der Waals surface area contributed by atoms with Gasteiger partial charge in [0.2, 0.25) is 0 Å². The van der Waals surface area contributed by atoms with Crippen LogP contribution in [0.2, 0.25) is 5.02 Å². The number of nitrogens with one attached hydrogen (secondary N) is 2. The summed E-state index contributed by atoms with van der Waals surface area (Å²) < 4.78 is 5.45. The van der Waals surface area contributed by atoms with E-state index in [0.29, 0.717) is 35.2 Å². The van der Waals surface area contributed by atoms with E-state index in [1.54, 1.807) is 48.5 Å². The second-order valence-electron chi connectivity index (χ2n) is 4.38. The van der Waals surface area contributed by atoms with E-state index >= 15 is 0 Å². The topological polar surface area (TPSA) is 74.2 Å². The number of hydrogen-bond donors (Lipinski definition) is 2. The minimum Gasteiger partial charge on any atom is -0.492 e. The Hall–Kier alpha value is -2.71. The molecule has 0 saturated carbocycles. The molecule has 0 unspecified atom stereocenters. The Bertz CT molecular complexity index is 681. The lowest BCUT2D eigenvalue weighted by Gasteiger charge is -2.09. The molecule has 0 bridgehead atoms. The van der Waals surface area contributed by atoms with Gasteiger partial charge >= 0.3 is 6.03 Å². The molecule has 0 aliphatic carbocycles. The van der Waals surface area contributed by atoms with Crippen molar-refractivity contribution < 1.29 is 9.53 Å². The van der Waals surface area contributed by atoms with Gasteiger partial charge in [0, 0.05) is 10.7 Å². The lowest BCUT2D eigenvalue weighted by Crippen LogP contribution is -2.32. The van der Waals surface area contributed by atoms with Crippen LogP contribution in [0.3, 0.4) is 0 Å². The molecule has 2 amide bonds. The van der Waals surface area contributed by atoms with Crippen LogP contribution in [-0.2, 0) is 0 Å². The van der Waals surface area contributed by atoms with E-state index < -0.39 is 0 Å². The summed E-state index contributed by atoms with van der Waals surface area (Å²) in [5.41, 5.74) is 1.16. The highest BCUT2D eigenvalue weighted by Gasteiger charge is 2.01. The molecule has 0 atom stereocenters. The van der Waals surface area contributed by atoms with Gasteiger partial charge < -0.3 is 15.4 Å². The predicted octanol–water partition coefficient (Wildman–Crippen LogP) is 3.41. The molecule has 0 aromatic heterocycles. The van der Waals surface area contributed by atoms with E-state index in [0.717, 1.165) is 0 Å². The second kappa shape index (κ2) is 7.91. The molecular formula is C16H14ClN3O2. The Morgan fingerprint density at radius 3 is 2.68 bits per heavy atom. The summed E-state index contributed by atoms with van der Waals surface area (Å²) in [6, 6.07) is 15.3. The molecule has 6 heteroatoms. The number of hydrogen-bond acceptors (Lipinski definition) is 3. The Morgan fingerprint density at radius 1 is 1.23 bits per heavy atom. The third-order valence-electron chi connectivity index (χ3n) is 2.72. The number of rotatable bonds is 5. The van der Waals surface area contributed by atoms with Crippen molar-refractivity contribution in [1.29, 1.82) is 5.26 Å². The third kappa shape index (κ3) is 5.00. The molecule has 0 radical (unpaired) electrons. The van der Waals surface area contributed by atoms with Gasteiger partial charge in [-0.3, -0.25) is 0 Å². The quantitative estimate of drug-likeness (QED) is 0.830. The molecule has 0 spiro atoms. The van der Waals surface area contributed by atoms with Crippen LogP contribution in [0.5, 0.6) is 5.75 Å². The summed E-state index contributed by atoms with van der Waals surface area (Å²) in [7, 11) is 0. The van der Waals surface area contributed by atoms with E-state index in [4.69, 9.17) is 21.6 Å². The van der Waals surface area contributed by atoms with Crippen LogP contribution in [0.1, 0.15) is 5.56 Å². The standard InChI is InChI=1S/C16H14ClN3O2/c17-13-2-1-3-15(10-13)22-9-8-19-16(21)20-14-6-4-12(11-18)5-7-14/h1-7,10H,8-9H2,(H2,19,20,21). The highest BCUT2D eigenvalue weighted by molar-refractivity contribution is 6.30. The summed E-state index contributed by atoms with van der Waals surface area (Å²) in [4.78, 5) is 11.7. The van der Waals surface area contributed by atoms with Crippen LogP contribution in [0.25, 0.3) is 0 Å². The van der Waals surface area contributed by atoms with Crippen molar-refractivity contribution in [2.24, 2.45) is 0 Å². The average Bonchev–Trinajstić information content (AvgIpc) is 2.52. The monoisotopic (exact) mass is 315 g/mol. The molecule has 0 fully saturated rings. The normalized spacial score (nSPS) is 9.64. The third-order valence-corrected chi connectivity index (χ3v) is 2.96. The zero-order valence-electron chi connectivity index (χ0n) is 11.7. The molecule has 0 saturated heterocycles. The smallest absolute Gasteiger partial charge is 0.319 e. The zero-order valence-corrected chi connectivity index (χ0v) is 12.4. The maximum absolute atomic E-state index is 11.7. The molecule has 112 valence electrons. The molecule has 0 aliphatic heterocycles. The number of carbonyl (C=O) groups is 1. The minimum absolute atomic E-state index is 0.334. The van der Waals surface area contributed by atoms with Gasteiger partial charge in [0.05, 0.1) is 18.2 Å². The van der Waals surface area contributed by atoms with Crippen molar-refractivity contribution in [3.05, 3.63) is 59.1 Å². The number of nitrogens with zero attached hydrogens (tertiary/aromatic N) is 1. The number of benzene rings is 2. The molecule has 2 N–H and O–H groups in total. The van der Waals surface area contributed by atoms with Crippen molar-refractivity contribution in [3.8, 4) is 11.8 Å². The van der Waals surface area contributed by atoms with Crippen molar-refractivity contribution in [3.63, 3.8) is 0 Å². The van der Waals surface area contributed by atoms with E-state index in [9.17, 15) is 4.79 Å². The van der Waals surface area contributed by atoms with Gasteiger partial charge in [-0.05, 0) is 42.5 Å². The summed E-state index contributed by atoms with van der Waals surface area (Å²) in [5, 5.41) is 14.6. The fraction of sp³-hybridized carbons (Fsp3) is 0.125. The molecule has 22 heavy (non-hydrogen) atoms. The largest absolute Gasteiger partial charge is 0.492 e. The number of urea groups is 1. The van der Waals surface area contributed by atoms with Crippen molar-refractivity contribution in [1.82, 2.24) is 5.32 Å². The highest BCUT2D eigenvalue weighted by atomic mass is 35.5. The van der Waals surface area contributed by atoms with Gasteiger partial charge in [0.25, 0.3) is 0 Å². The van der Waals surface area contributed by atoms with Crippen LogP contribution >= 0.6 is 11.6 Å². The van der Waals surface area contributed by atoms with Crippen molar-refractivity contribution >= 4 is 23.3 Å². The molecule has 2 rings (SSSR count). The first-order valence-corrected chi connectivity index (χ1v) is 6.98. The van der Waals surface area contributed by atoms with Gasteiger partial charge in [0.15, 0.2) is 0 Å². The highest BCUT2D eigenvalue weighted by Crippen LogP contribution is 2.16. The number of ether oxygens (including phenoxy) is 1. The van der Waals surface area contributed by atoms with Gasteiger partial charge in [-0.15, -0.1) is 0 Å². The Labute approximate surface area is 133 Å². The van der Waals surface area contributed by atoms with Crippen LogP contribution in [-0.4, -0.2) is 19.2 Å². The van der Waals surface area contributed by atoms with Crippen molar-refractivity contribution in [2.45, 2.75) is 0 Å². The summed E-state index contributed by atoms with van der Waals surface area (Å²) >= 11 is 5.84. The van der Waals surface area contributed by atoms with E-state index in [-0.39, 0.29) is 6.03 Å². The maximum atomic E-state index is 11.7. The predicted molar refractivity (Wildman–Crippen MR) is 85.1 cm³/mol. The molecule has 5 nitrogen and oxygen atoms in total. The molecule has 0 aliphatic rings. The molecule has 0 heterocycles. The number of nitriles is 1. The number of carbonyl (C=O) groups excluding carboxylic acids is 1. The number of amides is 2. The van der Waals surface area contributed by atoms with Crippen LogP contribution in [0.4, 0.5) is 10.5 Å². The van der Waals surface area contributed by atoms with Crippen LogP contribution in [0, 0.1) is 11.3 Å². The van der Waals surface area contributed by atoms with E-state index in [1.165, 1.54) is 0 Å². The second-order valence-corrected chi connectivity index (χ2v) is 4.81. The summed E-state index contributed by atoms with van der Waals surface area (Å²) in [6.07, 6.45) is 0. The zero-order chi connectivity index (χ0) is 15.8. The van der Waals surface area contributed by atoms with E-state index in [1.807, 2.05) is 6.07 Å². The minimum atomic E-state index is -0.334. The molecular weight excluding hydrogens is 302 g/mol. The Morgan fingerprint density at radius 2 is 2.00 bits per heavy atom.